The highest BCUT2D eigenvalue weighted by atomic mass is 19.1. The SMILES string of the molecule is CCN(C(=O)NCCc1ccc(F)cc1)[C@H](C)c1cccc(O)c1. The predicted octanol–water partition coefficient (Wildman–Crippen LogP) is 3.87. The number of benzene rings is 2. The van der Waals surface area contributed by atoms with Crippen molar-refractivity contribution in [2.45, 2.75) is 26.3 Å². The second-order valence-electron chi connectivity index (χ2n) is 5.67. The van der Waals surface area contributed by atoms with Crippen LogP contribution in [0.5, 0.6) is 5.75 Å². The molecule has 0 saturated heterocycles. The van der Waals surface area contributed by atoms with Crippen LogP contribution in [0.3, 0.4) is 0 Å². The number of halogens is 1. The van der Waals surface area contributed by atoms with Gasteiger partial charge < -0.3 is 15.3 Å². The summed E-state index contributed by atoms with van der Waals surface area (Å²) in [6.07, 6.45) is 0.643. The molecule has 24 heavy (non-hydrogen) atoms. The van der Waals surface area contributed by atoms with Gasteiger partial charge in [0, 0.05) is 13.1 Å². The molecule has 1 atom stereocenters. The van der Waals surface area contributed by atoms with Gasteiger partial charge in [0.25, 0.3) is 0 Å². The average Bonchev–Trinajstić information content (AvgIpc) is 2.57. The van der Waals surface area contributed by atoms with Crippen LogP contribution < -0.4 is 5.32 Å². The topological polar surface area (TPSA) is 52.6 Å². The molecule has 0 aliphatic carbocycles. The standard InChI is InChI=1S/C19H23FN2O2/c1-3-22(14(2)16-5-4-6-18(23)13-16)19(24)21-12-11-15-7-9-17(20)10-8-15/h4-10,13-14,23H,3,11-12H2,1-2H3,(H,21,24)/t14-/m1/s1. The molecule has 2 N–H and O–H groups in total. The number of hydrogen-bond acceptors (Lipinski definition) is 2. The van der Waals surface area contributed by atoms with Gasteiger partial charge >= 0.3 is 6.03 Å². The molecule has 2 rings (SSSR count). The van der Waals surface area contributed by atoms with E-state index in [2.05, 4.69) is 5.32 Å². The highest BCUT2D eigenvalue weighted by molar-refractivity contribution is 5.74. The fraction of sp³-hybridized carbons (Fsp3) is 0.316. The van der Waals surface area contributed by atoms with Crippen molar-refractivity contribution < 1.29 is 14.3 Å². The molecule has 0 aromatic heterocycles. The Morgan fingerprint density at radius 3 is 2.58 bits per heavy atom. The van der Waals surface area contributed by atoms with E-state index in [0.29, 0.717) is 19.5 Å². The number of carbonyl (C=O) groups excluding carboxylic acids is 1. The van der Waals surface area contributed by atoms with E-state index in [0.717, 1.165) is 11.1 Å². The molecule has 0 aliphatic heterocycles. The summed E-state index contributed by atoms with van der Waals surface area (Å²) in [6, 6.07) is 12.9. The molecule has 2 aromatic carbocycles. The first-order valence-electron chi connectivity index (χ1n) is 8.09. The predicted molar refractivity (Wildman–Crippen MR) is 92.4 cm³/mol. The van der Waals surface area contributed by atoms with Gasteiger partial charge in [-0.25, -0.2) is 9.18 Å². The molecule has 0 saturated carbocycles. The zero-order valence-electron chi connectivity index (χ0n) is 14.0. The molecular formula is C19H23FN2O2. The third-order valence-corrected chi connectivity index (χ3v) is 4.02. The van der Waals surface area contributed by atoms with Crippen molar-refractivity contribution in [1.29, 1.82) is 0 Å². The summed E-state index contributed by atoms with van der Waals surface area (Å²) in [5, 5.41) is 12.5. The van der Waals surface area contributed by atoms with Crippen molar-refractivity contribution in [2.24, 2.45) is 0 Å². The maximum atomic E-state index is 12.9. The fourth-order valence-corrected chi connectivity index (χ4v) is 2.62. The lowest BCUT2D eigenvalue weighted by Gasteiger charge is -2.28. The van der Waals surface area contributed by atoms with Crippen LogP contribution in [0.4, 0.5) is 9.18 Å². The van der Waals surface area contributed by atoms with Crippen molar-refractivity contribution >= 4 is 6.03 Å². The number of nitrogens with one attached hydrogen (secondary N) is 1. The fourth-order valence-electron chi connectivity index (χ4n) is 2.62. The van der Waals surface area contributed by atoms with Gasteiger partial charge in [0.1, 0.15) is 11.6 Å². The first kappa shape index (κ1) is 17.8. The first-order chi connectivity index (χ1) is 11.5. The molecule has 0 heterocycles. The zero-order valence-corrected chi connectivity index (χ0v) is 14.0. The van der Waals surface area contributed by atoms with Gasteiger partial charge in [-0.1, -0.05) is 24.3 Å². The Balaban J connectivity index is 1.92. The summed E-state index contributed by atoms with van der Waals surface area (Å²) < 4.78 is 12.9. The summed E-state index contributed by atoms with van der Waals surface area (Å²) in [4.78, 5) is 14.1. The number of hydrogen-bond donors (Lipinski definition) is 2. The Labute approximate surface area is 141 Å². The van der Waals surface area contributed by atoms with Gasteiger partial charge in [0.15, 0.2) is 0 Å². The minimum atomic E-state index is -0.264. The van der Waals surface area contributed by atoms with Gasteiger partial charge in [-0.15, -0.1) is 0 Å². The van der Waals surface area contributed by atoms with Gasteiger partial charge in [0.05, 0.1) is 6.04 Å². The van der Waals surface area contributed by atoms with Crippen LogP contribution in [-0.4, -0.2) is 29.1 Å². The van der Waals surface area contributed by atoms with Crippen molar-refractivity contribution in [1.82, 2.24) is 10.2 Å². The Bertz CT molecular complexity index is 673. The molecule has 0 aliphatic rings. The van der Waals surface area contributed by atoms with Crippen molar-refractivity contribution in [3.63, 3.8) is 0 Å². The van der Waals surface area contributed by atoms with Crippen molar-refractivity contribution in [3.8, 4) is 5.75 Å². The number of urea groups is 1. The largest absolute Gasteiger partial charge is 0.508 e. The van der Waals surface area contributed by atoms with Crippen LogP contribution >= 0.6 is 0 Å². The molecule has 0 spiro atoms. The lowest BCUT2D eigenvalue weighted by molar-refractivity contribution is 0.183. The molecule has 0 fully saturated rings. The van der Waals surface area contributed by atoms with Crippen LogP contribution in [0, 0.1) is 5.82 Å². The van der Waals surface area contributed by atoms with Crippen LogP contribution in [0.25, 0.3) is 0 Å². The van der Waals surface area contributed by atoms with Crippen LogP contribution in [0.2, 0.25) is 0 Å². The van der Waals surface area contributed by atoms with Gasteiger partial charge in [0.2, 0.25) is 0 Å². The van der Waals surface area contributed by atoms with E-state index in [1.165, 1.54) is 12.1 Å². The molecular weight excluding hydrogens is 307 g/mol. The maximum Gasteiger partial charge on any atom is 0.317 e. The Kier molecular flexibility index (Phi) is 6.18. The molecule has 5 heteroatoms. The minimum absolute atomic E-state index is 0.145. The molecule has 0 bridgehead atoms. The number of rotatable bonds is 6. The number of amides is 2. The molecule has 128 valence electrons. The van der Waals surface area contributed by atoms with E-state index < -0.39 is 0 Å². The number of nitrogens with zero attached hydrogens (tertiary/aromatic N) is 1. The van der Waals surface area contributed by atoms with Gasteiger partial charge in [-0.3, -0.25) is 0 Å². The quantitative estimate of drug-likeness (QED) is 0.845. The molecule has 2 amide bonds. The Morgan fingerprint density at radius 2 is 1.96 bits per heavy atom. The Morgan fingerprint density at radius 1 is 1.25 bits per heavy atom. The number of carbonyl (C=O) groups is 1. The van der Waals surface area contributed by atoms with Crippen molar-refractivity contribution in [2.75, 3.05) is 13.1 Å². The summed E-state index contributed by atoms with van der Waals surface area (Å²) in [5.41, 5.74) is 1.85. The minimum Gasteiger partial charge on any atom is -0.508 e. The van der Waals surface area contributed by atoms with Gasteiger partial charge in [-0.05, 0) is 55.7 Å². The number of phenols is 1. The van der Waals surface area contributed by atoms with Crippen LogP contribution in [0.15, 0.2) is 48.5 Å². The summed E-state index contributed by atoms with van der Waals surface area (Å²) in [7, 11) is 0. The highest BCUT2D eigenvalue weighted by Gasteiger charge is 2.19. The maximum absolute atomic E-state index is 12.9. The molecule has 4 nitrogen and oxygen atoms in total. The van der Waals surface area contributed by atoms with Crippen molar-refractivity contribution in [3.05, 3.63) is 65.5 Å². The molecule has 0 unspecified atom stereocenters. The second kappa shape index (κ2) is 8.34. The monoisotopic (exact) mass is 330 g/mol. The van der Waals surface area contributed by atoms with E-state index in [9.17, 15) is 14.3 Å². The summed E-state index contributed by atoms with van der Waals surface area (Å²) in [5.74, 6) is -0.0768. The molecule has 2 aromatic rings. The zero-order chi connectivity index (χ0) is 17.5. The van der Waals surface area contributed by atoms with Gasteiger partial charge in [-0.2, -0.15) is 0 Å². The third kappa shape index (κ3) is 4.72. The van der Waals surface area contributed by atoms with Crippen LogP contribution in [-0.2, 0) is 6.42 Å². The second-order valence-corrected chi connectivity index (χ2v) is 5.67. The number of aromatic hydroxyl groups is 1. The lowest BCUT2D eigenvalue weighted by atomic mass is 10.1. The lowest BCUT2D eigenvalue weighted by Crippen LogP contribution is -2.42. The third-order valence-electron chi connectivity index (χ3n) is 4.02. The average molecular weight is 330 g/mol. The van der Waals surface area contributed by atoms with Crippen LogP contribution in [0.1, 0.15) is 31.0 Å². The normalized spacial score (nSPS) is 11.8. The smallest absolute Gasteiger partial charge is 0.317 e. The summed E-state index contributed by atoms with van der Waals surface area (Å²) >= 11 is 0. The van der Waals surface area contributed by atoms with E-state index >= 15 is 0 Å². The van der Waals surface area contributed by atoms with E-state index in [4.69, 9.17) is 0 Å². The van der Waals surface area contributed by atoms with E-state index in [1.54, 1.807) is 35.2 Å². The number of phenolic OH excluding ortho intramolecular Hbond substituents is 1. The Hall–Kier alpha value is -2.56. The highest BCUT2D eigenvalue weighted by Crippen LogP contribution is 2.23. The molecule has 0 radical (unpaired) electrons. The van der Waals surface area contributed by atoms with E-state index in [1.807, 2.05) is 19.9 Å². The van der Waals surface area contributed by atoms with E-state index in [-0.39, 0.29) is 23.6 Å². The summed E-state index contributed by atoms with van der Waals surface area (Å²) in [6.45, 7) is 4.88. The first-order valence-corrected chi connectivity index (χ1v) is 8.09.